The third-order valence-electron chi connectivity index (χ3n) is 4.48. The predicted octanol–water partition coefficient (Wildman–Crippen LogP) is 2.33. The van der Waals surface area contributed by atoms with Gasteiger partial charge < -0.3 is 10.6 Å². The van der Waals surface area contributed by atoms with Crippen LogP contribution in [0.15, 0.2) is 17.4 Å². The van der Waals surface area contributed by atoms with E-state index in [1.165, 1.54) is 31.2 Å². The van der Waals surface area contributed by atoms with Crippen LogP contribution < -0.4 is 10.6 Å². The van der Waals surface area contributed by atoms with Crippen molar-refractivity contribution in [2.75, 3.05) is 20.1 Å². The average molecular weight is 405 g/mol. The molecule has 21 heavy (non-hydrogen) atoms. The third kappa shape index (κ3) is 5.16. The lowest BCUT2D eigenvalue weighted by molar-refractivity contribution is 0.131. The summed E-state index contributed by atoms with van der Waals surface area (Å²) in [5, 5.41) is 11.0. The second-order valence-corrected chi connectivity index (χ2v) is 5.83. The molecule has 1 fully saturated rings. The van der Waals surface area contributed by atoms with Crippen molar-refractivity contribution in [1.82, 2.24) is 20.4 Å². The van der Waals surface area contributed by atoms with Gasteiger partial charge in [0.15, 0.2) is 5.96 Å². The van der Waals surface area contributed by atoms with Crippen molar-refractivity contribution in [1.29, 1.82) is 0 Å². The van der Waals surface area contributed by atoms with Crippen LogP contribution in [0.2, 0.25) is 0 Å². The molecule has 1 heterocycles. The number of rotatable bonds is 6. The van der Waals surface area contributed by atoms with Crippen LogP contribution in [0.3, 0.4) is 0 Å². The lowest BCUT2D eigenvalue weighted by Gasteiger charge is -2.41. The molecule has 2 N–H and O–H groups in total. The average Bonchev–Trinajstić information content (AvgIpc) is 2.81. The summed E-state index contributed by atoms with van der Waals surface area (Å²) in [7, 11) is 3.78. The summed E-state index contributed by atoms with van der Waals surface area (Å²) in [4.78, 5) is 4.29. The van der Waals surface area contributed by atoms with Crippen molar-refractivity contribution in [2.45, 2.75) is 39.0 Å². The molecule has 120 valence electrons. The molecule has 6 heteroatoms. The van der Waals surface area contributed by atoms with E-state index in [0.29, 0.717) is 5.41 Å². The Morgan fingerprint density at radius 1 is 1.43 bits per heavy atom. The second-order valence-electron chi connectivity index (χ2n) is 5.83. The van der Waals surface area contributed by atoms with Gasteiger partial charge >= 0.3 is 0 Å². The lowest BCUT2D eigenvalue weighted by Crippen LogP contribution is -2.46. The Morgan fingerprint density at radius 2 is 2.19 bits per heavy atom. The zero-order valence-electron chi connectivity index (χ0n) is 13.4. The highest BCUT2D eigenvalue weighted by atomic mass is 127. The highest BCUT2D eigenvalue weighted by Crippen LogP contribution is 2.42. The molecule has 0 amide bonds. The minimum atomic E-state index is 0. The van der Waals surface area contributed by atoms with Crippen molar-refractivity contribution >= 4 is 29.9 Å². The van der Waals surface area contributed by atoms with Crippen molar-refractivity contribution in [3.63, 3.8) is 0 Å². The molecule has 1 aliphatic rings. The monoisotopic (exact) mass is 405 g/mol. The van der Waals surface area contributed by atoms with Crippen LogP contribution in [-0.2, 0) is 13.5 Å². The minimum Gasteiger partial charge on any atom is -0.356 e. The fraction of sp³-hybridized carbons (Fsp3) is 0.733. The van der Waals surface area contributed by atoms with Crippen LogP contribution in [-0.4, -0.2) is 35.9 Å². The van der Waals surface area contributed by atoms with E-state index < -0.39 is 0 Å². The Bertz CT molecular complexity index is 445. The Kier molecular flexibility index (Phi) is 7.48. The molecule has 0 aromatic carbocycles. The van der Waals surface area contributed by atoms with Crippen LogP contribution in [0.4, 0.5) is 0 Å². The molecule has 1 aromatic rings. The largest absolute Gasteiger partial charge is 0.356 e. The van der Waals surface area contributed by atoms with Crippen LogP contribution in [0.1, 0.15) is 38.2 Å². The Balaban J connectivity index is 0.00000220. The molecule has 0 bridgehead atoms. The molecule has 5 nitrogen and oxygen atoms in total. The summed E-state index contributed by atoms with van der Waals surface area (Å²) in [6.45, 7) is 4.21. The van der Waals surface area contributed by atoms with Gasteiger partial charge in [-0.2, -0.15) is 5.10 Å². The van der Waals surface area contributed by atoms with Crippen molar-refractivity contribution in [2.24, 2.45) is 17.5 Å². The van der Waals surface area contributed by atoms with Gasteiger partial charge in [0.05, 0.1) is 6.20 Å². The first-order valence-corrected chi connectivity index (χ1v) is 7.59. The zero-order valence-corrected chi connectivity index (χ0v) is 15.7. The SMILES string of the molecule is CCC1(CNC(=NC)NCCc2cnn(C)c2)CCC1.I. The van der Waals surface area contributed by atoms with Gasteiger partial charge in [-0.25, -0.2) is 0 Å². The summed E-state index contributed by atoms with van der Waals surface area (Å²) >= 11 is 0. The smallest absolute Gasteiger partial charge is 0.191 e. The van der Waals surface area contributed by atoms with E-state index in [9.17, 15) is 0 Å². The van der Waals surface area contributed by atoms with Crippen LogP contribution in [0.25, 0.3) is 0 Å². The molecule has 1 aliphatic carbocycles. The predicted molar refractivity (Wildman–Crippen MR) is 98.3 cm³/mol. The molecule has 2 rings (SSSR count). The van der Waals surface area contributed by atoms with E-state index in [-0.39, 0.29) is 24.0 Å². The van der Waals surface area contributed by atoms with Crippen molar-refractivity contribution in [3.8, 4) is 0 Å². The molecule has 0 unspecified atom stereocenters. The maximum atomic E-state index is 4.29. The summed E-state index contributed by atoms with van der Waals surface area (Å²) in [6.07, 6.45) is 10.3. The van der Waals surface area contributed by atoms with Crippen LogP contribution in [0.5, 0.6) is 0 Å². The van der Waals surface area contributed by atoms with E-state index in [2.05, 4.69) is 33.8 Å². The molecule has 0 spiro atoms. The zero-order chi connectivity index (χ0) is 14.4. The van der Waals surface area contributed by atoms with E-state index in [0.717, 1.165) is 25.5 Å². The highest BCUT2D eigenvalue weighted by molar-refractivity contribution is 14.0. The Hall–Kier alpha value is -0.790. The number of hydrogen-bond acceptors (Lipinski definition) is 2. The topological polar surface area (TPSA) is 54.2 Å². The van der Waals surface area contributed by atoms with Gasteiger partial charge in [-0.1, -0.05) is 13.3 Å². The van der Waals surface area contributed by atoms with E-state index in [4.69, 9.17) is 0 Å². The van der Waals surface area contributed by atoms with Gasteiger partial charge in [-0.05, 0) is 36.7 Å². The van der Waals surface area contributed by atoms with E-state index in [1.807, 2.05) is 25.0 Å². The number of guanidine groups is 1. The first kappa shape index (κ1) is 18.3. The normalized spacial score (nSPS) is 16.8. The Labute approximate surface area is 145 Å². The lowest BCUT2D eigenvalue weighted by atomic mass is 9.67. The molecular weight excluding hydrogens is 377 g/mol. The maximum Gasteiger partial charge on any atom is 0.191 e. The number of nitrogens with one attached hydrogen (secondary N) is 2. The summed E-state index contributed by atoms with van der Waals surface area (Å²) in [5.41, 5.74) is 1.76. The van der Waals surface area contributed by atoms with Gasteiger partial charge in [0.2, 0.25) is 0 Å². The number of aromatic nitrogens is 2. The molecule has 0 saturated heterocycles. The highest BCUT2D eigenvalue weighted by Gasteiger charge is 2.34. The van der Waals surface area contributed by atoms with Crippen LogP contribution >= 0.6 is 24.0 Å². The maximum absolute atomic E-state index is 4.29. The quantitative estimate of drug-likeness (QED) is 0.434. The number of nitrogens with zero attached hydrogens (tertiary/aromatic N) is 3. The first-order chi connectivity index (χ1) is 9.67. The van der Waals surface area contributed by atoms with Gasteiger partial charge in [-0.3, -0.25) is 9.67 Å². The standard InChI is InChI=1S/C15H27N5.HI/c1-4-15(7-5-8-15)12-18-14(16-2)17-9-6-13-10-19-20(3)11-13;/h10-11H,4-9,12H2,1-3H3,(H2,16,17,18);1H. The summed E-state index contributed by atoms with van der Waals surface area (Å²) in [6, 6.07) is 0. The fourth-order valence-electron chi connectivity index (χ4n) is 2.75. The molecule has 0 aliphatic heterocycles. The molecule has 0 atom stereocenters. The van der Waals surface area contributed by atoms with E-state index in [1.54, 1.807) is 0 Å². The Morgan fingerprint density at radius 3 is 2.67 bits per heavy atom. The molecule has 1 saturated carbocycles. The first-order valence-electron chi connectivity index (χ1n) is 7.59. The van der Waals surface area contributed by atoms with Gasteiger partial charge in [-0.15, -0.1) is 24.0 Å². The van der Waals surface area contributed by atoms with Gasteiger partial charge in [0.1, 0.15) is 0 Å². The van der Waals surface area contributed by atoms with Crippen molar-refractivity contribution < 1.29 is 0 Å². The number of aryl methyl sites for hydroxylation is 1. The number of halogens is 1. The summed E-state index contributed by atoms with van der Waals surface area (Å²) < 4.78 is 1.84. The van der Waals surface area contributed by atoms with Gasteiger partial charge in [0, 0.05) is 33.4 Å². The van der Waals surface area contributed by atoms with E-state index >= 15 is 0 Å². The molecular formula is C15H28IN5. The third-order valence-corrected chi connectivity index (χ3v) is 4.48. The fourth-order valence-corrected chi connectivity index (χ4v) is 2.75. The number of aliphatic imine (C=N–C) groups is 1. The summed E-state index contributed by atoms with van der Waals surface area (Å²) in [5.74, 6) is 0.911. The van der Waals surface area contributed by atoms with Crippen molar-refractivity contribution in [3.05, 3.63) is 18.0 Å². The van der Waals surface area contributed by atoms with Crippen LogP contribution in [0, 0.1) is 5.41 Å². The molecule has 0 radical (unpaired) electrons. The minimum absolute atomic E-state index is 0. The number of hydrogen-bond donors (Lipinski definition) is 2. The molecule has 1 aromatic heterocycles. The van der Waals surface area contributed by atoms with Gasteiger partial charge in [0.25, 0.3) is 0 Å². The second kappa shape index (κ2) is 8.60.